The Morgan fingerprint density at radius 3 is 2.56 bits per heavy atom. The quantitative estimate of drug-likeness (QED) is 0.728. The lowest BCUT2D eigenvalue weighted by atomic mass is 10.1. The highest BCUT2D eigenvalue weighted by atomic mass is 19.1. The molecule has 1 heterocycles. The second-order valence-electron chi connectivity index (χ2n) is 6.38. The van der Waals surface area contributed by atoms with Crippen LogP contribution in [-0.4, -0.2) is 37.6 Å². The first kappa shape index (κ1) is 19.0. The van der Waals surface area contributed by atoms with Gasteiger partial charge < -0.3 is 20.7 Å². The summed E-state index contributed by atoms with van der Waals surface area (Å²) < 4.78 is 18.9. The van der Waals surface area contributed by atoms with Crippen LogP contribution in [0.25, 0.3) is 0 Å². The highest BCUT2D eigenvalue weighted by molar-refractivity contribution is 5.93. The topological polar surface area (TPSA) is 79.5 Å². The molecular formula is C20H22FN3O3. The van der Waals surface area contributed by atoms with Gasteiger partial charge in [0.05, 0.1) is 25.3 Å². The molecule has 3 N–H and O–H groups in total. The van der Waals surface area contributed by atoms with Crippen molar-refractivity contribution in [3.8, 4) is 0 Å². The third kappa shape index (κ3) is 5.87. The molecule has 142 valence electrons. The number of hydrogen-bond donors (Lipinski definition) is 3. The number of carbonyl (C=O) groups is 2. The Bertz CT molecular complexity index is 789. The number of amides is 2. The van der Waals surface area contributed by atoms with E-state index in [1.165, 1.54) is 12.1 Å². The highest BCUT2D eigenvalue weighted by Gasteiger charge is 2.17. The van der Waals surface area contributed by atoms with E-state index < -0.39 is 5.82 Å². The van der Waals surface area contributed by atoms with Gasteiger partial charge in [-0.15, -0.1) is 0 Å². The molecule has 0 radical (unpaired) electrons. The van der Waals surface area contributed by atoms with Crippen molar-refractivity contribution in [1.29, 1.82) is 0 Å². The van der Waals surface area contributed by atoms with Crippen molar-refractivity contribution in [2.75, 3.05) is 30.4 Å². The number of hydrogen-bond acceptors (Lipinski definition) is 4. The molecule has 2 amide bonds. The Morgan fingerprint density at radius 2 is 1.85 bits per heavy atom. The zero-order chi connectivity index (χ0) is 19.1. The van der Waals surface area contributed by atoms with Gasteiger partial charge in [0.25, 0.3) is 0 Å². The molecule has 3 rings (SSSR count). The van der Waals surface area contributed by atoms with Gasteiger partial charge in [-0.05, 0) is 29.8 Å². The van der Waals surface area contributed by atoms with Crippen LogP contribution >= 0.6 is 0 Å². The second kappa shape index (κ2) is 9.25. The van der Waals surface area contributed by atoms with Crippen LogP contribution in [0.15, 0.2) is 48.5 Å². The number of anilines is 2. The third-order valence-corrected chi connectivity index (χ3v) is 4.18. The number of nitrogens with one attached hydrogen (secondary N) is 3. The molecule has 0 spiro atoms. The predicted molar refractivity (Wildman–Crippen MR) is 101 cm³/mol. The van der Waals surface area contributed by atoms with Gasteiger partial charge in [-0.2, -0.15) is 0 Å². The number of halogens is 1. The van der Waals surface area contributed by atoms with Crippen LogP contribution < -0.4 is 16.0 Å². The molecule has 1 atom stereocenters. The van der Waals surface area contributed by atoms with Crippen LogP contribution in [0.2, 0.25) is 0 Å². The Kier molecular flexibility index (Phi) is 6.51. The second-order valence-corrected chi connectivity index (χ2v) is 6.38. The van der Waals surface area contributed by atoms with Crippen molar-refractivity contribution in [3.05, 3.63) is 59.9 Å². The van der Waals surface area contributed by atoms with Gasteiger partial charge in [-0.3, -0.25) is 9.59 Å². The molecule has 1 aliphatic heterocycles. The summed E-state index contributed by atoms with van der Waals surface area (Å²) in [7, 11) is 0. The average molecular weight is 371 g/mol. The van der Waals surface area contributed by atoms with Crippen LogP contribution in [0.1, 0.15) is 12.0 Å². The first-order chi connectivity index (χ1) is 13.1. The van der Waals surface area contributed by atoms with Crippen molar-refractivity contribution in [3.63, 3.8) is 0 Å². The van der Waals surface area contributed by atoms with Gasteiger partial charge in [-0.25, -0.2) is 4.39 Å². The van der Waals surface area contributed by atoms with Gasteiger partial charge in [0.15, 0.2) is 0 Å². The number of ether oxygens (including phenoxy) is 1. The van der Waals surface area contributed by atoms with Crippen LogP contribution in [0, 0.1) is 5.82 Å². The highest BCUT2D eigenvalue weighted by Crippen LogP contribution is 2.15. The third-order valence-electron chi connectivity index (χ3n) is 4.18. The van der Waals surface area contributed by atoms with Gasteiger partial charge in [-0.1, -0.05) is 24.3 Å². The SMILES string of the molecule is O=C(CC1COCCN1)Nc1ccc(CC(=O)Nc2ccccc2F)cc1. The minimum atomic E-state index is -0.471. The van der Waals surface area contributed by atoms with E-state index in [1.54, 1.807) is 36.4 Å². The van der Waals surface area contributed by atoms with Gasteiger partial charge in [0.1, 0.15) is 5.82 Å². The number of morpholine rings is 1. The Balaban J connectivity index is 1.48. The first-order valence-electron chi connectivity index (χ1n) is 8.84. The maximum absolute atomic E-state index is 13.6. The number of rotatable bonds is 6. The molecule has 1 aliphatic rings. The molecule has 0 bridgehead atoms. The molecular weight excluding hydrogens is 349 g/mol. The normalized spacial score (nSPS) is 16.6. The van der Waals surface area contributed by atoms with E-state index >= 15 is 0 Å². The molecule has 0 aromatic heterocycles. The summed E-state index contributed by atoms with van der Waals surface area (Å²) >= 11 is 0. The van der Waals surface area contributed by atoms with E-state index in [0.29, 0.717) is 25.3 Å². The molecule has 1 fully saturated rings. The smallest absolute Gasteiger partial charge is 0.228 e. The summed E-state index contributed by atoms with van der Waals surface area (Å²) in [6, 6.07) is 13.1. The summed E-state index contributed by atoms with van der Waals surface area (Å²) in [5, 5.41) is 8.61. The summed E-state index contributed by atoms with van der Waals surface area (Å²) in [5.41, 5.74) is 1.59. The van der Waals surface area contributed by atoms with E-state index in [0.717, 1.165) is 12.1 Å². The standard InChI is InChI=1S/C20H22FN3O3/c21-17-3-1-2-4-18(17)24-19(25)11-14-5-7-15(8-6-14)23-20(26)12-16-13-27-10-9-22-16/h1-8,16,22H,9-13H2,(H,23,26)(H,24,25). The van der Waals surface area contributed by atoms with Crippen LogP contribution in [-0.2, 0) is 20.7 Å². The van der Waals surface area contributed by atoms with Crippen LogP contribution in [0.3, 0.4) is 0 Å². The van der Waals surface area contributed by atoms with Gasteiger partial charge in [0.2, 0.25) is 11.8 Å². The monoisotopic (exact) mass is 371 g/mol. The fourth-order valence-electron chi connectivity index (χ4n) is 2.83. The Labute approximate surface area is 157 Å². The van der Waals surface area contributed by atoms with Crippen molar-refractivity contribution in [2.45, 2.75) is 18.9 Å². The lowest BCUT2D eigenvalue weighted by Gasteiger charge is -2.23. The Morgan fingerprint density at radius 1 is 1.07 bits per heavy atom. The summed E-state index contributed by atoms with van der Waals surface area (Å²) in [6.07, 6.45) is 0.457. The lowest BCUT2D eigenvalue weighted by Crippen LogP contribution is -2.43. The number of benzene rings is 2. The van der Waals surface area contributed by atoms with Crippen molar-refractivity contribution in [1.82, 2.24) is 5.32 Å². The van der Waals surface area contributed by atoms with E-state index in [2.05, 4.69) is 16.0 Å². The molecule has 2 aromatic rings. The minimum absolute atomic E-state index is 0.0279. The fourth-order valence-corrected chi connectivity index (χ4v) is 2.83. The summed E-state index contributed by atoms with van der Waals surface area (Å²) in [4.78, 5) is 24.1. The Hall–Kier alpha value is -2.77. The van der Waals surface area contributed by atoms with Crippen molar-refractivity contribution in [2.24, 2.45) is 0 Å². The van der Waals surface area contributed by atoms with Crippen molar-refractivity contribution < 1.29 is 18.7 Å². The molecule has 0 aliphatic carbocycles. The number of para-hydroxylation sites is 1. The maximum Gasteiger partial charge on any atom is 0.228 e. The molecule has 1 saturated heterocycles. The molecule has 1 unspecified atom stereocenters. The fraction of sp³-hybridized carbons (Fsp3) is 0.300. The zero-order valence-electron chi connectivity index (χ0n) is 14.8. The zero-order valence-corrected chi connectivity index (χ0v) is 14.8. The summed E-state index contributed by atoms with van der Waals surface area (Å²) in [6.45, 7) is 1.95. The van der Waals surface area contributed by atoms with Gasteiger partial charge in [0, 0.05) is 24.7 Å². The van der Waals surface area contributed by atoms with E-state index in [4.69, 9.17) is 4.74 Å². The van der Waals surface area contributed by atoms with Crippen LogP contribution in [0.5, 0.6) is 0 Å². The van der Waals surface area contributed by atoms with Crippen LogP contribution in [0.4, 0.5) is 15.8 Å². The molecule has 7 heteroatoms. The van der Waals surface area contributed by atoms with Gasteiger partial charge >= 0.3 is 0 Å². The summed E-state index contributed by atoms with van der Waals surface area (Å²) in [5.74, 6) is -0.870. The molecule has 2 aromatic carbocycles. The van der Waals surface area contributed by atoms with E-state index in [-0.39, 0.29) is 30.0 Å². The van der Waals surface area contributed by atoms with E-state index in [1.807, 2.05) is 0 Å². The lowest BCUT2D eigenvalue weighted by molar-refractivity contribution is -0.117. The largest absolute Gasteiger partial charge is 0.378 e. The number of carbonyl (C=O) groups excluding carboxylic acids is 2. The predicted octanol–water partition coefficient (Wildman–Crippen LogP) is 2.32. The minimum Gasteiger partial charge on any atom is -0.378 e. The van der Waals surface area contributed by atoms with Crippen molar-refractivity contribution >= 4 is 23.2 Å². The molecule has 27 heavy (non-hydrogen) atoms. The average Bonchev–Trinajstić information content (AvgIpc) is 2.66. The first-order valence-corrected chi connectivity index (χ1v) is 8.84. The molecule has 0 saturated carbocycles. The maximum atomic E-state index is 13.6. The molecule has 6 nitrogen and oxygen atoms in total. The van der Waals surface area contributed by atoms with E-state index in [9.17, 15) is 14.0 Å².